The molecule has 2 heterocycles. The number of nitrogens with two attached hydrogens (primary N) is 1. The van der Waals surface area contributed by atoms with Crippen LogP contribution < -0.4 is 10.6 Å². The molecule has 0 unspecified atom stereocenters. The van der Waals surface area contributed by atoms with E-state index in [-0.39, 0.29) is 5.60 Å². The molecule has 1 fully saturated rings. The molecule has 2 N–H and O–H groups in total. The van der Waals surface area contributed by atoms with Crippen LogP contribution in [0.3, 0.4) is 0 Å². The zero-order valence-electron chi connectivity index (χ0n) is 10.6. The van der Waals surface area contributed by atoms with Crippen LogP contribution in [0.1, 0.15) is 19.8 Å². The van der Waals surface area contributed by atoms with Crippen LogP contribution in [0, 0.1) is 0 Å². The predicted octanol–water partition coefficient (Wildman–Crippen LogP) is 1.57. The van der Waals surface area contributed by atoms with Crippen LogP contribution in [0.25, 0.3) is 0 Å². The Morgan fingerprint density at radius 3 is 2.78 bits per heavy atom. The molecule has 0 saturated carbocycles. The van der Waals surface area contributed by atoms with Gasteiger partial charge in [0.1, 0.15) is 12.1 Å². The summed E-state index contributed by atoms with van der Waals surface area (Å²) in [7, 11) is 0. The first-order valence-electron chi connectivity index (χ1n) is 6.25. The third-order valence-electron chi connectivity index (χ3n) is 3.44. The van der Waals surface area contributed by atoms with E-state index < -0.39 is 0 Å². The van der Waals surface area contributed by atoms with Crippen LogP contribution in [0.2, 0.25) is 0 Å². The van der Waals surface area contributed by atoms with E-state index in [2.05, 4.69) is 30.8 Å². The van der Waals surface area contributed by atoms with Crippen molar-refractivity contribution in [1.82, 2.24) is 9.97 Å². The summed E-state index contributed by atoms with van der Waals surface area (Å²) in [6.45, 7) is 5.14. The molecule has 0 atom stereocenters. The van der Waals surface area contributed by atoms with Gasteiger partial charge in [0.2, 0.25) is 0 Å². The van der Waals surface area contributed by atoms with E-state index in [0.29, 0.717) is 13.2 Å². The van der Waals surface area contributed by atoms with Gasteiger partial charge < -0.3 is 15.4 Å². The molecular weight excluding hydrogens is 296 g/mol. The van der Waals surface area contributed by atoms with E-state index in [1.54, 1.807) is 12.5 Å². The van der Waals surface area contributed by atoms with Crippen molar-refractivity contribution in [2.75, 3.05) is 31.1 Å². The Bertz CT molecular complexity index is 393. The monoisotopic (exact) mass is 314 g/mol. The van der Waals surface area contributed by atoms with Crippen LogP contribution in [-0.4, -0.2) is 41.8 Å². The highest BCUT2D eigenvalue weighted by molar-refractivity contribution is 9.10. The quantitative estimate of drug-likeness (QED) is 0.914. The molecule has 18 heavy (non-hydrogen) atoms. The van der Waals surface area contributed by atoms with Gasteiger partial charge in [-0.2, -0.15) is 0 Å². The molecule has 0 aromatic carbocycles. The molecule has 0 radical (unpaired) electrons. The largest absolute Gasteiger partial charge is 0.374 e. The van der Waals surface area contributed by atoms with Gasteiger partial charge >= 0.3 is 0 Å². The van der Waals surface area contributed by atoms with Crippen molar-refractivity contribution in [2.45, 2.75) is 25.4 Å². The number of hydrogen-bond donors (Lipinski definition) is 1. The number of ether oxygens (including phenoxy) is 1. The Morgan fingerprint density at radius 1 is 1.50 bits per heavy atom. The molecule has 5 nitrogen and oxygen atoms in total. The number of rotatable bonds is 4. The van der Waals surface area contributed by atoms with Crippen LogP contribution in [0.15, 0.2) is 17.0 Å². The Kier molecular flexibility index (Phi) is 4.53. The number of anilines is 1. The summed E-state index contributed by atoms with van der Waals surface area (Å²) in [4.78, 5) is 10.6. The minimum absolute atomic E-state index is 0.148. The van der Waals surface area contributed by atoms with Gasteiger partial charge in [-0.25, -0.2) is 9.97 Å². The molecular formula is C12H19BrN4O. The van der Waals surface area contributed by atoms with Gasteiger partial charge in [-0.05, 0) is 35.7 Å². The van der Waals surface area contributed by atoms with Crippen molar-refractivity contribution >= 4 is 21.7 Å². The average Bonchev–Trinajstić information content (AvgIpc) is 2.41. The van der Waals surface area contributed by atoms with Crippen molar-refractivity contribution in [3.05, 3.63) is 17.0 Å². The van der Waals surface area contributed by atoms with E-state index in [0.717, 1.165) is 36.2 Å². The Hall–Kier alpha value is -0.720. The summed E-state index contributed by atoms with van der Waals surface area (Å²) < 4.78 is 6.77. The summed E-state index contributed by atoms with van der Waals surface area (Å²) in [5, 5.41) is 0. The maximum atomic E-state index is 5.86. The standard InChI is InChI=1S/C12H19BrN4O/c1-2-18-12(8-14)3-5-17(6-4-12)11-10(13)7-15-9-16-11/h7,9H,2-6,8,14H2,1H3. The molecule has 0 bridgehead atoms. The second-order valence-corrected chi connectivity index (χ2v) is 5.36. The fourth-order valence-corrected chi connectivity index (χ4v) is 2.85. The van der Waals surface area contributed by atoms with Crippen LogP contribution in [-0.2, 0) is 4.74 Å². The van der Waals surface area contributed by atoms with Gasteiger partial charge in [0.25, 0.3) is 0 Å². The lowest BCUT2D eigenvalue weighted by atomic mass is 9.91. The van der Waals surface area contributed by atoms with E-state index in [4.69, 9.17) is 10.5 Å². The highest BCUT2D eigenvalue weighted by Crippen LogP contribution is 2.30. The van der Waals surface area contributed by atoms with Gasteiger partial charge in [0.15, 0.2) is 0 Å². The van der Waals surface area contributed by atoms with Crippen LogP contribution in [0.5, 0.6) is 0 Å². The van der Waals surface area contributed by atoms with Gasteiger partial charge in [-0.15, -0.1) is 0 Å². The minimum Gasteiger partial charge on any atom is -0.374 e. The second-order valence-electron chi connectivity index (χ2n) is 4.50. The average molecular weight is 315 g/mol. The van der Waals surface area contributed by atoms with Gasteiger partial charge in [0, 0.05) is 32.4 Å². The Labute approximate surface area is 116 Å². The zero-order chi connectivity index (χ0) is 13.0. The molecule has 6 heteroatoms. The summed E-state index contributed by atoms with van der Waals surface area (Å²) >= 11 is 3.49. The van der Waals surface area contributed by atoms with Crippen molar-refractivity contribution in [1.29, 1.82) is 0 Å². The normalized spacial score (nSPS) is 18.9. The predicted molar refractivity (Wildman–Crippen MR) is 74.6 cm³/mol. The maximum absolute atomic E-state index is 5.86. The SMILES string of the molecule is CCOC1(CN)CCN(c2ncncc2Br)CC1. The second kappa shape index (κ2) is 5.95. The van der Waals surface area contributed by atoms with Gasteiger partial charge in [-0.3, -0.25) is 0 Å². The summed E-state index contributed by atoms with van der Waals surface area (Å²) in [5.74, 6) is 0.951. The highest BCUT2D eigenvalue weighted by atomic mass is 79.9. The third kappa shape index (κ3) is 2.81. The Balaban J connectivity index is 2.04. The number of aromatic nitrogens is 2. The van der Waals surface area contributed by atoms with Crippen molar-refractivity contribution in [3.63, 3.8) is 0 Å². The molecule has 1 aromatic rings. The molecule has 2 rings (SSSR count). The van der Waals surface area contributed by atoms with Gasteiger partial charge in [-0.1, -0.05) is 0 Å². The fourth-order valence-electron chi connectivity index (χ4n) is 2.38. The molecule has 1 saturated heterocycles. The molecule has 1 aliphatic heterocycles. The lowest BCUT2D eigenvalue weighted by Crippen LogP contribution is -2.50. The maximum Gasteiger partial charge on any atom is 0.146 e. The smallest absolute Gasteiger partial charge is 0.146 e. The molecule has 1 aliphatic rings. The number of halogens is 1. The van der Waals surface area contributed by atoms with Crippen molar-refractivity contribution < 1.29 is 4.74 Å². The molecule has 0 spiro atoms. The number of hydrogen-bond acceptors (Lipinski definition) is 5. The van der Waals surface area contributed by atoms with Crippen molar-refractivity contribution in [2.24, 2.45) is 5.73 Å². The van der Waals surface area contributed by atoms with E-state index in [9.17, 15) is 0 Å². The highest BCUT2D eigenvalue weighted by Gasteiger charge is 2.34. The first kappa shape index (κ1) is 13.7. The summed E-state index contributed by atoms with van der Waals surface area (Å²) in [6.07, 6.45) is 5.23. The first-order valence-corrected chi connectivity index (χ1v) is 7.04. The van der Waals surface area contributed by atoms with Gasteiger partial charge in [0.05, 0.1) is 10.1 Å². The molecule has 1 aromatic heterocycles. The topological polar surface area (TPSA) is 64.3 Å². The number of piperidine rings is 1. The van der Waals surface area contributed by atoms with E-state index in [1.807, 2.05) is 6.92 Å². The first-order chi connectivity index (χ1) is 8.71. The molecule has 0 amide bonds. The zero-order valence-corrected chi connectivity index (χ0v) is 12.2. The number of nitrogens with zero attached hydrogens (tertiary/aromatic N) is 3. The lowest BCUT2D eigenvalue weighted by Gasteiger charge is -2.41. The fraction of sp³-hybridized carbons (Fsp3) is 0.667. The summed E-state index contributed by atoms with van der Waals surface area (Å²) in [6, 6.07) is 0. The van der Waals surface area contributed by atoms with E-state index in [1.165, 1.54) is 0 Å². The lowest BCUT2D eigenvalue weighted by molar-refractivity contribution is -0.0488. The van der Waals surface area contributed by atoms with Crippen LogP contribution >= 0.6 is 15.9 Å². The van der Waals surface area contributed by atoms with Crippen molar-refractivity contribution in [3.8, 4) is 0 Å². The van der Waals surface area contributed by atoms with E-state index >= 15 is 0 Å². The molecule has 100 valence electrons. The minimum atomic E-state index is -0.148. The van der Waals surface area contributed by atoms with Crippen LogP contribution in [0.4, 0.5) is 5.82 Å². The molecule has 0 aliphatic carbocycles. The summed E-state index contributed by atoms with van der Waals surface area (Å²) in [5.41, 5.74) is 5.71. The Morgan fingerprint density at radius 2 is 2.22 bits per heavy atom. The third-order valence-corrected chi connectivity index (χ3v) is 4.00.